The molecule has 0 spiro atoms. The number of esters is 1. The largest absolute Gasteiger partial charge is 0.493 e. The van der Waals surface area contributed by atoms with Crippen molar-refractivity contribution >= 4 is 17.8 Å². The van der Waals surface area contributed by atoms with Crippen molar-refractivity contribution in [1.82, 2.24) is 9.80 Å². The Labute approximate surface area is 257 Å². The highest BCUT2D eigenvalue weighted by molar-refractivity contribution is 5.89. The van der Waals surface area contributed by atoms with Crippen LogP contribution in [0.25, 0.3) is 0 Å². The Morgan fingerprint density at radius 2 is 1.51 bits per heavy atom. The Morgan fingerprint density at radius 1 is 0.884 bits per heavy atom. The molecule has 2 aromatic carbocycles. The van der Waals surface area contributed by atoms with Crippen molar-refractivity contribution in [2.24, 2.45) is 0 Å². The van der Waals surface area contributed by atoms with Crippen LogP contribution in [0.1, 0.15) is 82.9 Å². The highest BCUT2D eigenvalue weighted by Crippen LogP contribution is 2.28. The van der Waals surface area contributed by atoms with Gasteiger partial charge in [-0.15, -0.1) is 0 Å². The Morgan fingerprint density at radius 3 is 2.12 bits per heavy atom. The van der Waals surface area contributed by atoms with Gasteiger partial charge in [0.25, 0.3) is 5.91 Å². The van der Waals surface area contributed by atoms with Gasteiger partial charge in [0.05, 0.1) is 19.8 Å². The minimum absolute atomic E-state index is 0.255. The first-order valence-electron chi connectivity index (χ1n) is 15.1. The second-order valence-electron chi connectivity index (χ2n) is 11.5. The average molecular weight is 599 g/mol. The molecule has 0 fully saturated rings. The van der Waals surface area contributed by atoms with Crippen LogP contribution in [0.3, 0.4) is 0 Å². The van der Waals surface area contributed by atoms with E-state index in [4.69, 9.17) is 14.2 Å². The van der Waals surface area contributed by atoms with E-state index in [0.717, 1.165) is 31.2 Å². The third kappa shape index (κ3) is 10.9. The normalized spacial score (nSPS) is 12.7. The zero-order valence-corrected chi connectivity index (χ0v) is 26.9. The Kier molecular flexibility index (Phi) is 14.5. The van der Waals surface area contributed by atoms with Gasteiger partial charge in [-0.1, -0.05) is 75.4 Å². The first-order valence-corrected chi connectivity index (χ1v) is 15.1. The molecule has 0 aromatic heterocycles. The molecule has 0 aliphatic rings. The molecule has 2 atom stereocenters. The van der Waals surface area contributed by atoms with Crippen LogP contribution in [0.4, 0.5) is 0 Å². The molecule has 9 nitrogen and oxygen atoms in total. The summed E-state index contributed by atoms with van der Waals surface area (Å²) in [5.41, 5.74) is -0.167. The number of hydrogen-bond donors (Lipinski definition) is 1. The molecule has 2 aromatic rings. The van der Waals surface area contributed by atoms with E-state index in [1.165, 1.54) is 37.1 Å². The van der Waals surface area contributed by atoms with Crippen molar-refractivity contribution in [2.75, 3.05) is 34.9 Å². The van der Waals surface area contributed by atoms with E-state index in [0.29, 0.717) is 36.4 Å². The number of methoxy groups -OCH3 is 2. The number of unbranched alkanes of at least 4 members (excludes halogenated alkanes) is 5. The number of carbonyl (C=O) groups excluding carboxylic acids is 3. The summed E-state index contributed by atoms with van der Waals surface area (Å²) < 4.78 is 16.5. The van der Waals surface area contributed by atoms with Crippen LogP contribution in [-0.4, -0.2) is 79.2 Å². The first kappa shape index (κ1) is 35.6. The van der Waals surface area contributed by atoms with Crippen molar-refractivity contribution in [3.05, 3.63) is 59.7 Å². The van der Waals surface area contributed by atoms with E-state index in [2.05, 4.69) is 6.92 Å². The van der Waals surface area contributed by atoms with Gasteiger partial charge in [0.15, 0.2) is 17.5 Å². The van der Waals surface area contributed by atoms with Gasteiger partial charge in [-0.05, 0) is 44.4 Å². The molecule has 43 heavy (non-hydrogen) atoms. The van der Waals surface area contributed by atoms with Crippen molar-refractivity contribution in [3.8, 4) is 11.5 Å². The number of carbonyl (C=O) groups is 3. The number of rotatable bonds is 18. The standard InChI is InChI=1S/C34H50N2O7/c1-8-9-10-11-12-16-19-29(37)36(5)31(34(2,3)40)33(39)43-30(26-17-14-13-15-18-26)32(38)35(4)23-22-25-20-21-27(41-6)28(24-25)42-7/h13-15,17-18,20-21,24,30-31,40H,8-12,16,19,22-23H2,1-7H3/t30-,31?/m1/s1. The Bertz CT molecular complexity index is 1160. The van der Waals surface area contributed by atoms with Crippen LogP contribution in [-0.2, 0) is 25.5 Å². The fourth-order valence-corrected chi connectivity index (χ4v) is 5.01. The predicted molar refractivity (Wildman–Crippen MR) is 167 cm³/mol. The third-order valence-electron chi connectivity index (χ3n) is 7.54. The summed E-state index contributed by atoms with van der Waals surface area (Å²) >= 11 is 0. The SMILES string of the molecule is CCCCCCCCC(=O)N(C)C(C(=O)O[C@@H](C(=O)N(C)CCc1ccc(OC)c(OC)c1)c1ccccc1)C(C)(C)O. The number of ether oxygens (including phenoxy) is 3. The van der Waals surface area contributed by atoms with Gasteiger partial charge in [-0.3, -0.25) is 9.59 Å². The molecule has 2 rings (SSSR count). The van der Waals surface area contributed by atoms with Gasteiger partial charge in [0, 0.05) is 32.6 Å². The maximum absolute atomic E-state index is 13.7. The molecule has 0 heterocycles. The first-order chi connectivity index (χ1) is 20.4. The lowest BCUT2D eigenvalue weighted by atomic mass is 9.96. The summed E-state index contributed by atoms with van der Waals surface area (Å²) in [5, 5.41) is 10.9. The molecule has 0 saturated carbocycles. The molecule has 1 unspecified atom stereocenters. The summed E-state index contributed by atoms with van der Waals surface area (Å²) in [5.74, 6) is -0.312. The molecule has 1 N–H and O–H groups in total. The molecule has 0 aliphatic carbocycles. The lowest BCUT2D eigenvalue weighted by Gasteiger charge is -2.36. The molecule has 9 heteroatoms. The minimum atomic E-state index is -1.60. The van der Waals surface area contributed by atoms with Gasteiger partial charge in [-0.2, -0.15) is 0 Å². The summed E-state index contributed by atoms with van der Waals surface area (Å²) in [6, 6.07) is 13.0. The van der Waals surface area contributed by atoms with Gasteiger partial charge < -0.3 is 29.1 Å². The van der Waals surface area contributed by atoms with E-state index < -0.39 is 29.6 Å². The second kappa shape index (κ2) is 17.5. The van der Waals surface area contributed by atoms with E-state index >= 15 is 0 Å². The highest BCUT2D eigenvalue weighted by atomic mass is 16.6. The van der Waals surface area contributed by atoms with Crippen LogP contribution in [0.5, 0.6) is 11.5 Å². The fourth-order valence-electron chi connectivity index (χ4n) is 5.01. The second-order valence-corrected chi connectivity index (χ2v) is 11.5. The van der Waals surface area contributed by atoms with Crippen molar-refractivity contribution in [1.29, 1.82) is 0 Å². The Hall–Kier alpha value is -3.59. The van der Waals surface area contributed by atoms with Gasteiger partial charge in [-0.25, -0.2) is 4.79 Å². The van der Waals surface area contributed by atoms with Crippen LogP contribution in [0, 0.1) is 0 Å². The van der Waals surface area contributed by atoms with Gasteiger partial charge >= 0.3 is 5.97 Å². The summed E-state index contributed by atoms with van der Waals surface area (Å²) in [7, 11) is 6.28. The summed E-state index contributed by atoms with van der Waals surface area (Å²) in [6.45, 7) is 5.42. The number of likely N-dealkylation sites (N-methyl/N-ethyl adjacent to an activating group) is 2. The van der Waals surface area contributed by atoms with E-state index in [1.807, 2.05) is 24.3 Å². The van der Waals surface area contributed by atoms with Crippen molar-refractivity contribution < 1.29 is 33.7 Å². The van der Waals surface area contributed by atoms with Crippen molar-refractivity contribution in [2.45, 2.75) is 89.9 Å². The minimum Gasteiger partial charge on any atom is -0.493 e. The average Bonchev–Trinajstić information content (AvgIpc) is 2.99. The van der Waals surface area contributed by atoms with Crippen LogP contribution in [0.15, 0.2) is 48.5 Å². The van der Waals surface area contributed by atoms with Gasteiger partial charge in [0.1, 0.15) is 0 Å². The number of nitrogens with zero attached hydrogens (tertiary/aromatic N) is 2. The van der Waals surface area contributed by atoms with Crippen LogP contribution in [0.2, 0.25) is 0 Å². The van der Waals surface area contributed by atoms with Crippen LogP contribution < -0.4 is 9.47 Å². The quantitative estimate of drug-likeness (QED) is 0.182. The number of benzene rings is 2. The number of amides is 2. The Balaban J connectivity index is 2.18. The maximum Gasteiger partial charge on any atom is 0.332 e. The van der Waals surface area contributed by atoms with Crippen LogP contribution >= 0.6 is 0 Å². The van der Waals surface area contributed by atoms with Gasteiger partial charge in [0.2, 0.25) is 12.0 Å². The number of hydrogen-bond acceptors (Lipinski definition) is 7. The summed E-state index contributed by atoms with van der Waals surface area (Å²) in [6.07, 6.45) is 5.69. The van der Waals surface area contributed by atoms with E-state index in [9.17, 15) is 19.5 Å². The van der Waals surface area contributed by atoms with Crippen molar-refractivity contribution in [3.63, 3.8) is 0 Å². The molecule has 0 bridgehead atoms. The zero-order valence-electron chi connectivity index (χ0n) is 26.9. The maximum atomic E-state index is 13.7. The molecular weight excluding hydrogens is 548 g/mol. The molecule has 0 aliphatic heterocycles. The molecule has 0 saturated heterocycles. The summed E-state index contributed by atoms with van der Waals surface area (Å²) in [4.78, 5) is 43.1. The smallest absolute Gasteiger partial charge is 0.332 e. The topological polar surface area (TPSA) is 106 Å². The monoisotopic (exact) mass is 598 g/mol. The number of aliphatic hydroxyl groups is 1. The lowest BCUT2D eigenvalue weighted by molar-refractivity contribution is -0.174. The highest BCUT2D eigenvalue weighted by Gasteiger charge is 2.42. The molecular formula is C34H50N2O7. The zero-order chi connectivity index (χ0) is 32.0. The van der Waals surface area contributed by atoms with E-state index in [-0.39, 0.29) is 12.3 Å². The fraction of sp³-hybridized carbons (Fsp3) is 0.559. The molecule has 2 amide bonds. The molecule has 0 radical (unpaired) electrons. The third-order valence-corrected chi connectivity index (χ3v) is 7.54. The van der Waals surface area contributed by atoms with E-state index in [1.54, 1.807) is 45.5 Å². The molecule has 238 valence electrons. The lowest BCUT2D eigenvalue weighted by Crippen LogP contribution is -2.55. The predicted octanol–water partition coefficient (Wildman–Crippen LogP) is 5.34.